The number of carbonyl (C=O) groups is 1. The van der Waals surface area contributed by atoms with E-state index in [0.29, 0.717) is 32.7 Å². The Morgan fingerprint density at radius 2 is 1.92 bits per heavy atom. The standard InChI is InChI=1S/C18H20ClFN4O2/c1-2-7-24-17(25)6-5-16(21-24)18(26)23-10-8-22(9-11-23)13-3-4-15(20)14(19)12-13/h3-6,12H,2,7-11H2,1H3. The molecule has 1 aromatic carbocycles. The number of nitrogens with zero attached hydrogens (tertiary/aromatic N) is 4. The molecule has 0 bridgehead atoms. The Labute approximate surface area is 155 Å². The Kier molecular flexibility index (Phi) is 5.56. The Morgan fingerprint density at radius 1 is 1.19 bits per heavy atom. The monoisotopic (exact) mass is 378 g/mol. The molecule has 1 amide bonds. The molecule has 1 fully saturated rings. The van der Waals surface area contributed by atoms with Crippen molar-refractivity contribution in [3.8, 4) is 0 Å². The first-order chi connectivity index (χ1) is 12.5. The van der Waals surface area contributed by atoms with E-state index in [4.69, 9.17) is 11.6 Å². The van der Waals surface area contributed by atoms with Gasteiger partial charge in [0.05, 0.1) is 5.02 Å². The van der Waals surface area contributed by atoms with Gasteiger partial charge in [0.15, 0.2) is 0 Å². The summed E-state index contributed by atoms with van der Waals surface area (Å²) in [5.41, 5.74) is 0.899. The summed E-state index contributed by atoms with van der Waals surface area (Å²) in [5.74, 6) is -0.635. The Morgan fingerprint density at radius 3 is 2.58 bits per heavy atom. The van der Waals surface area contributed by atoms with Crippen molar-refractivity contribution < 1.29 is 9.18 Å². The molecule has 1 saturated heterocycles. The van der Waals surface area contributed by atoms with Crippen LogP contribution in [0.25, 0.3) is 0 Å². The molecule has 3 rings (SSSR count). The third-order valence-electron chi connectivity index (χ3n) is 4.36. The molecular weight excluding hydrogens is 359 g/mol. The molecule has 26 heavy (non-hydrogen) atoms. The molecule has 0 N–H and O–H groups in total. The number of piperazine rings is 1. The van der Waals surface area contributed by atoms with Crippen LogP contribution < -0.4 is 10.5 Å². The predicted octanol–water partition coefficient (Wildman–Crippen LogP) is 2.41. The summed E-state index contributed by atoms with van der Waals surface area (Å²) in [6, 6.07) is 7.48. The van der Waals surface area contributed by atoms with E-state index in [9.17, 15) is 14.0 Å². The van der Waals surface area contributed by atoms with Crippen LogP contribution in [0.3, 0.4) is 0 Å². The van der Waals surface area contributed by atoms with Gasteiger partial charge in [-0.15, -0.1) is 0 Å². The molecule has 0 unspecified atom stereocenters. The maximum absolute atomic E-state index is 13.3. The topological polar surface area (TPSA) is 58.4 Å². The molecule has 1 aliphatic heterocycles. The van der Waals surface area contributed by atoms with Gasteiger partial charge >= 0.3 is 0 Å². The SMILES string of the molecule is CCCn1nc(C(=O)N2CCN(c3ccc(F)c(Cl)c3)CC2)ccc1=O. The average molecular weight is 379 g/mol. The third kappa shape index (κ3) is 3.88. The van der Waals surface area contributed by atoms with E-state index in [1.807, 2.05) is 6.92 Å². The number of aromatic nitrogens is 2. The van der Waals surface area contributed by atoms with Crippen LogP contribution in [-0.2, 0) is 6.54 Å². The maximum atomic E-state index is 13.3. The van der Waals surface area contributed by atoms with Crippen molar-refractivity contribution >= 4 is 23.2 Å². The minimum atomic E-state index is -0.447. The summed E-state index contributed by atoms with van der Waals surface area (Å²) < 4.78 is 14.6. The van der Waals surface area contributed by atoms with Crippen molar-refractivity contribution in [2.75, 3.05) is 31.1 Å². The minimum Gasteiger partial charge on any atom is -0.368 e. The lowest BCUT2D eigenvalue weighted by Gasteiger charge is -2.36. The molecule has 0 aliphatic carbocycles. The fourth-order valence-corrected chi connectivity index (χ4v) is 3.12. The van der Waals surface area contributed by atoms with Crippen LogP contribution in [-0.4, -0.2) is 46.8 Å². The van der Waals surface area contributed by atoms with Crippen LogP contribution in [0.15, 0.2) is 35.1 Å². The van der Waals surface area contributed by atoms with Crippen LogP contribution >= 0.6 is 11.6 Å². The van der Waals surface area contributed by atoms with E-state index in [1.165, 1.54) is 22.9 Å². The number of carbonyl (C=O) groups excluding carboxylic acids is 1. The fourth-order valence-electron chi connectivity index (χ4n) is 2.95. The first-order valence-electron chi connectivity index (χ1n) is 8.57. The number of anilines is 1. The maximum Gasteiger partial charge on any atom is 0.274 e. The molecule has 0 saturated carbocycles. The number of halogens is 2. The molecular formula is C18H20ClFN4O2. The molecule has 0 radical (unpaired) electrons. The predicted molar refractivity (Wildman–Crippen MR) is 98.3 cm³/mol. The zero-order chi connectivity index (χ0) is 18.7. The Balaban J connectivity index is 1.67. The van der Waals surface area contributed by atoms with Crippen molar-refractivity contribution in [3.63, 3.8) is 0 Å². The van der Waals surface area contributed by atoms with E-state index in [1.54, 1.807) is 17.0 Å². The summed E-state index contributed by atoms with van der Waals surface area (Å²) in [4.78, 5) is 28.2. The lowest BCUT2D eigenvalue weighted by atomic mass is 10.2. The molecule has 2 aromatic rings. The molecule has 6 nitrogen and oxygen atoms in total. The van der Waals surface area contributed by atoms with Gasteiger partial charge in [0.1, 0.15) is 11.5 Å². The Hall–Kier alpha value is -2.41. The van der Waals surface area contributed by atoms with E-state index < -0.39 is 5.82 Å². The lowest BCUT2D eigenvalue weighted by Crippen LogP contribution is -2.49. The van der Waals surface area contributed by atoms with Crippen LogP contribution in [0.5, 0.6) is 0 Å². The van der Waals surface area contributed by atoms with Gasteiger partial charge < -0.3 is 9.80 Å². The normalized spacial score (nSPS) is 14.6. The van der Waals surface area contributed by atoms with Gasteiger partial charge in [0.2, 0.25) is 0 Å². The molecule has 138 valence electrons. The van der Waals surface area contributed by atoms with Crippen molar-refractivity contribution in [2.24, 2.45) is 0 Å². The highest BCUT2D eigenvalue weighted by Gasteiger charge is 2.24. The number of hydrogen-bond acceptors (Lipinski definition) is 4. The number of rotatable bonds is 4. The zero-order valence-corrected chi connectivity index (χ0v) is 15.2. The quantitative estimate of drug-likeness (QED) is 0.819. The largest absolute Gasteiger partial charge is 0.368 e. The molecule has 1 aliphatic rings. The zero-order valence-electron chi connectivity index (χ0n) is 14.5. The van der Waals surface area contributed by atoms with Gasteiger partial charge in [-0.25, -0.2) is 9.07 Å². The highest BCUT2D eigenvalue weighted by molar-refractivity contribution is 6.31. The van der Waals surface area contributed by atoms with Gasteiger partial charge in [0.25, 0.3) is 11.5 Å². The second-order valence-corrected chi connectivity index (χ2v) is 6.56. The molecule has 0 spiro atoms. The van der Waals surface area contributed by atoms with Crippen LogP contribution in [0.1, 0.15) is 23.8 Å². The molecule has 0 atom stereocenters. The van der Waals surface area contributed by atoms with E-state index >= 15 is 0 Å². The van der Waals surface area contributed by atoms with Gasteiger partial charge in [0, 0.05) is 44.5 Å². The van der Waals surface area contributed by atoms with Crippen molar-refractivity contribution in [3.05, 3.63) is 57.2 Å². The van der Waals surface area contributed by atoms with Crippen molar-refractivity contribution in [2.45, 2.75) is 19.9 Å². The summed E-state index contributed by atoms with van der Waals surface area (Å²) in [5, 5.41) is 4.26. The Bertz CT molecular complexity index is 863. The summed E-state index contributed by atoms with van der Waals surface area (Å²) in [6.45, 7) is 4.69. The van der Waals surface area contributed by atoms with Gasteiger partial charge in [-0.05, 0) is 30.7 Å². The summed E-state index contributed by atoms with van der Waals surface area (Å²) in [7, 11) is 0. The van der Waals surface area contributed by atoms with Crippen LogP contribution in [0, 0.1) is 5.82 Å². The smallest absolute Gasteiger partial charge is 0.274 e. The van der Waals surface area contributed by atoms with Gasteiger partial charge in [-0.3, -0.25) is 9.59 Å². The molecule has 1 aromatic heterocycles. The highest BCUT2D eigenvalue weighted by Crippen LogP contribution is 2.23. The van der Waals surface area contributed by atoms with Gasteiger partial charge in [-0.1, -0.05) is 18.5 Å². The second kappa shape index (κ2) is 7.86. The van der Waals surface area contributed by atoms with E-state index in [0.717, 1.165) is 12.1 Å². The molecule has 8 heteroatoms. The highest BCUT2D eigenvalue weighted by atomic mass is 35.5. The lowest BCUT2D eigenvalue weighted by molar-refractivity contribution is 0.0738. The third-order valence-corrected chi connectivity index (χ3v) is 4.65. The average Bonchev–Trinajstić information content (AvgIpc) is 2.65. The number of benzene rings is 1. The summed E-state index contributed by atoms with van der Waals surface area (Å²) in [6.07, 6.45) is 0.767. The number of amides is 1. The van der Waals surface area contributed by atoms with Crippen LogP contribution in [0.4, 0.5) is 10.1 Å². The number of hydrogen-bond donors (Lipinski definition) is 0. The first-order valence-corrected chi connectivity index (χ1v) is 8.95. The van der Waals surface area contributed by atoms with E-state index in [2.05, 4.69) is 10.00 Å². The summed E-state index contributed by atoms with van der Waals surface area (Å²) >= 11 is 5.84. The van der Waals surface area contributed by atoms with Crippen molar-refractivity contribution in [1.29, 1.82) is 0 Å². The van der Waals surface area contributed by atoms with Crippen LogP contribution in [0.2, 0.25) is 5.02 Å². The van der Waals surface area contributed by atoms with E-state index in [-0.39, 0.29) is 22.2 Å². The molecule has 2 heterocycles. The fraction of sp³-hybridized carbons (Fsp3) is 0.389. The number of aryl methyl sites for hydroxylation is 1. The first kappa shape index (κ1) is 18.4. The minimum absolute atomic E-state index is 0.0865. The van der Waals surface area contributed by atoms with Crippen molar-refractivity contribution in [1.82, 2.24) is 14.7 Å². The second-order valence-electron chi connectivity index (χ2n) is 6.16. The van der Waals surface area contributed by atoms with Gasteiger partial charge in [-0.2, -0.15) is 5.10 Å².